The molecule has 0 unspecified atom stereocenters. The van der Waals surface area contributed by atoms with Gasteiger partial charge in [0.25, 0.3) is 0 Å². The molecule has 1 fully saturated rings. The van der Waals surface area contributed by atoms with Gasteiger partial charge in [0.15, 0.2) is 9.84 Å². The lowest BCUT2D eigenvalue weighted by Gasteiger charge is -2.19. The molecule has 3 atom stereocenters. The first kappa shape index (κ1) is 17.0. The van der Waals surface area contributed by atoms with Crippen molar-refractivity contribution in [2.45, 2.75) is 28.8 Å². The molecule has 0 radical (unpaired) electrons. The van der Waals surface area contributed by atoms with Gasteiger partial charge in [0, 0.05) is 0 Å². The Labute approximate surface area is 154 Å². The molecule has 1 heterocycles. The summed E-state index contributed by atoms with van der Waals surface area (Å²) >= 11 is 0. The lowest BCUT2D eigenvalue weighted by molar-refractivity contribution is 0.0447. The Balaban J connectivity index is 1.75. The van der Waals surface area contributed by atoms with Crippen LogP contribution in [0, 0.1) is 0 Å². The Morgan fingerprint density at radius 3 is 1.77 bits per heavy atom. The first-order valence-corrected chi connectivity index (χ1v) is 10.3. The van der Waals surface area contributed by atoms with Crippen LogP contribution >= 0.6 is 0 Å². The lowest BCUT2D eigenvalue weighted by atomic mass is 10.0. The maximum Gasteiger partial charge on any atom is 0.184 e. The molecule has 0 N–H and O–H groups in total. The summed E-state index contributed by atoms with van der Waals surface area (Å²) in [6.45, 7) is 0. The molecule has 0 aromatic heterocycles. The predicted octanol–water partition coefficient (Wildman–Crippen LogP) is 4.73. The Morgan fingerprint density at radius 1 is 0.692 bits per heavy atom. The van der Waals surface area contributed by atoms with Crippen molar-refractivity contribution >= 4 is 9.84 Å². The van der Waals surface area contributed by atoms with Gasteiger partial charge in [-0.1, -0.05) is 78.9 Å². The molecule has 3 aromatic rings. The third-order valence-corrected chi connectivity index (χ3v) is 7.03. The van der Waals surface area contributed by atoms with Gasteiger partial charge in [-0.25, -0.2) is 8.42 Å². The number of ether oxygens (including phenoxy) is 1. The summed E-state index contributed by atoms with van der Waals surface area (Å²) in [7, 11) is -3.50. The molecule has 4 heteroatoms. The summed E-state index contributed by atoms with van der Waals surface area (Å²) in [4.78, 5) is 0.350. The standard InChI is InChI=1S/C22H20O3S/c23-26(24,19-14-8-3-9-15-19)21-16-20(17-10-4-1-5-11-17)25-22(21)18-12-6-2-7-13-18/h1-15,20-22H,16H2/t20-,21+,22-/m0/s1. The summed E-state index contributed by atoms with van der Waals surface area (Å²) < 4.78 is 32.9. The van der Waals surface area contributed by atoms with Crippen LogP contribution in [0.15, 0.2) is 95.9 Å². The van der Waals surface area contributed by atoms with Crippen molar-refractivity contribution in [3.05, 3.63) is 102 Å². The minimum Gasteiger partial charge on any atom is -0.364 e. The van der Waals surface area contributed by atoms with Crippen molar-refractivity contribution in [2.24, 2.45) is 0 Å². The van der Waals surface area contributed by atoms with Crippen LogP contribution < -0.4 is 0 Å². The van der Waals surface area contributed by atoms with Crippen molar-refractivity contribution in [3.63, 3.8) is 0 Å². The molecule has 0 spiro atoms. The molecule has 1 saturated heterocycles. The van der Waals surface area contributed by atoms with E-state index in [1.54, 1.807) is 24.3 Å². The van der Waals surface area contributed by atoms with Gasteiger partial charge in [0.05, 0.1) is 16.2 Å². The number of hydrogen-bond donors (Lipinski definition) is 0. The largest absolute Gasteiger partial charge is 0.364 e. The summed E-state index contributed by atoms with van der Waals surface area (Å²) in [5.41, 5.74) is 1.91. The van der Waals surface area contributed by atoms with Gasteiger partial charge in [-0.05, 0) is 29.7 Å². The monoisotopic (exact) mass is 364 g/mol. The average Bonchev–Trinajstić information content (AvgIpc) is 3.16. The predicted molar refractivity (Wildman–Crippen MR) is 101 cm³/mol. The normalized spacial score (nSPS) is 23.0. The van der Waals surface area contributed by atoms with E-state index in [2.05, 4.69) is 0 Å². The number of sulfone groups is 1. The van der Waals surface area contributed by atoms with E-state index in [0.717, 1.165) is 11.1 Å². The smallest absolute Gasteiger partial charge is 0.184 e. The molecular formula is C22H20O3S. The van der Waals surface area contributed by atoms with Crippen LogP contribution in [0.4, 0.5) is 0 Å². The molecule has 4 rings (SSSR count). The van der Waals surface area contributed by atoms with E-state index in [4.69, 9.17) is 4.74 Å². The highest BCUT2D eigenvalue weighted by Crippen LogP contribution is 2.45. The maximum atomic E-state index is 13.3. The van der Waals surface area contributed by atoms with E-state index in [9.17, 15) is 8.42 Å². The van der Waals surface area contributed by atoms with E-state index in [0.29, 0.717) is 11.3 Å². The summed E-state index contributed by atoms with van der Waals surface area (Å²) in [5, 5.41) is -0.613. The van der Waals surface area contributed by atoms with Crippen LogP contribution in [-0.4, -0.2) is 13.7 Å². The second kappa shape index (κ2) is 7.06. The van der Waals surface area contributed by atoms with Gasteiger partial charge in [0.1, 0.15) is 6.10 Å². The van der Waals surface area contributed by atoms with E-state index in [-0.39, 0.29) is 6.10 Å². The SMILES string of the molecule is O=S(=O)(c1ccccc1)[C@@H]1C[C@@H](c2ccccc2)O[C@H]1c1ccccc1. The van der Waals surface area contributed by atoms with Crippen molar-refractivity contribution in [1.82, 2.24) is 0 Å². The fourth-order valence-corrected chi connectivity index (χ4v) is 5.41. The first-order valence-electron chi connectivity index (χ1n) is 8.70. The lowest BCUT2D eigenvalue weighted by Crippen LogP contribution is -2.24. The molecule has 0 amide bonds. The highest BCUT2D eigenvalue weighted by Gasteiger charge is 2.45. The van der Waals surface area contributed by atoms with Gasteiger partial charge >= 0.3 is 0 Å². The van der Waals surface area contributed by atoms with Gasteiger partial charge < -0.3 is 4.74 Å². The average molecular weight is 364 g/mol. The molecular weight excluding hydrogens is 344 g/mol. The van der Waals surface area contributed by atoms with Crippen LogP contribution in [-0.2, 0) is 14.6 Å². The third-order valence-electron chi connectivity index (χ3n) is 4.86. The Hall–Kier alpha value is -2.43. The maximum absolute atomic E-state index is 13.3. The van der Waals surface area contributed by atoms with Crippen LogP contribution in [0.2, 0.25) is 0 Å². The fraction of sp³-hybridized carbons (Fsp3) is 0.182. The molecule has 0 saturated carbocycles. The highest BCUT2D eigenvalue weighted by molar-refractivity contribution is 7.92. The molecule has 1 aliphatic heterocycles. The molecule has 0 aliphatic carbocycles. The van der Waals surface area contributed by atoms with Crippen molar-refractivity contribution in [1.29, 1.82) is 0 Å². The summed E-state index contributed by atoms with van der Waals surface area (Å²) in [6.07, 6.45) is -0.266. The van der Waals surface area contributed by atoms with Crippen molar-refractivity contribution in [3.8, 4) is 0 Å². The van der Waals surface area contributed by atoms with E-state index >= 15 is 0 Å². The summed E-state index contributed by atoms with van der Waals surface area (Å²) in [6, 6.07) is 28.1. The van der Waals surface area contributed by atoms with Gasteiger partial charge in [0.2, 0.25) is 0 Å². The van der Waals surface area contributed by atoms with Gasteiger partial charge in [-0.15, -0.1) is 0 Å². The second-order valence-electron chi connectivity index (χ2n) is 6.50. The Morgan fingerprint density at radius 2 is 1.19 bits per heavy atom. The number of benzene rings is 3. The van der Waals surface area contributed by atoms with Crippen LogP contribution in [0.3, 0.4) is 0 Å². The minimum absolute atomic E-state index is 0.232. The third kappa shape index (κ3) is 3.18. The van der Waals surface area contributed by atoms with Gasteiger partial charge in [-0.2, -0.15) is 0 Å². The second-order valence-corrected chi connectivity index (χ2v) is 8.67. The zero-order valence-electron chi connectivity index (χ0n) is 14.2. The summed E-state index contributed by atoms with van der Waals surface area (Å²) in [5.74, 6) is 0. The van der Waals surface area contributed by atoms with Crippen LogP contribution in [0.25, 0.3) is 0 Å². The molecule has 0 bridgehead atoms. The Kier molecular flexibility index (Phi) is 4.62. The minimum atomic E-state index is -3.50. The quantitative estimate of drug-likeness (QED) is 0.672. The molecule has 132 valence electrons. The molecule has 1 aliphatic rings. The zero-order chi connectivity index (χ0) is 18.0. The van der Waals surface area contributed by atoms with E-state index in [1.165, 1.54) is 0 Å². The van der Waals surface area contributed by atoms with Crippen molar-refractivity contribution in [2.75, 3.05) is 0 Å². The molecule has 26 heavy (non-hydrogen) atoms. The number of hydrogen-bond acceptors (Lipinski definition) is 3. The highest BCUT2D eigenvalue weighted by atomic mass is 32.2. The molecule has 3 aromatic carbocycles. The fourth-order valence-electron chi connectivity index (χ4n) is 3.55. The zero-order valence-corrected chi connectivity index (χ0v) is 15.0. The van der Waals surface area contributed by atoms with Crippen molar-refractivity contribution < 1.29 is 13.2 Å². The Bertz CT molecular complexity index is 954. The van der Waals surface area contributed by atoms with Gasteiger partial charge in [-0.3, -0.25) is 0 Å². The van der Waals surface area contributed by atoms with E-state index in [1.807, 2.05) is 66.7 Å². The van der Waals surface area contributed by atoms with Crippen LogP contribution in [0.1, 0.15) is 29.8 Å². The van der Waals surface area contributed by atoms with Crippen LogP contribution in [0.5, 0.6) is 0 Å². The van der Waals surface area contributed by atoms with E-state index < -0.39 is 21.2 Å². The molecule has 3 nitrogen and oxygen atoms in total. The first-order chi connectivity index (χ1) is 12.7. The number of rotatable bonds is 4. The topological polar surface area (TPSA) is 43.4 Å².